The van der Waals surface area contributed by atoms with E-state index in [0.717, 1.165) is 6.08 Å². The Morgan fingerprint density at radius 1 is 1.30 bits per heavy atom. The number of ether oxygens (including phenoxy) is 2. The summed E-state index contributed by atoms with van der Waals surface area (Å²) < 4.78 is 26.3. The van der Waals surface area contributed by atoms with Crippen LogP contribution in [0.2, 0.25) is 0 Å². The van der Waals surface area contributed by atoms with Crippen LogP contribution in [-0.2, 0) is 9.53 Å². The first kappa shape index (κ1) is 23.6. The minimum absolute atomic E-state index is 0.143. The summed E-state index contributed by atoms with van der Waals surface area (Å²) in [6.45, 7) is 4.97. The van der Waals surface area contributed by atoms with Crippen LogP contribution in [0.4, 0.5) is 4.39 Å². The number of amides is 1. The number of carbonyl (C=O) groups is 1. The maximum atomic E-state index is 14.2. The molecule has 0 aliphatic carbocycles. The Bertz CT molecular complexity index is 1290. The van der Waals surface area contributed by atoms with E-state index in [1.165, 1.54) is 28.8 Å². The summed E-state index contributed by atoms with van der Waals surface area (Å²) in [5.74, 6) is -1.65. The lowest BCUT2D eigenvalue weighted by atomic mass is 10.1. The lowest BCUT2D eigenvalue weighted by molar-refractivity contribution is -0.117. The highest BCUT2D eigenvalue weighted by Gasteiger charge is 2.18. The molecule has 3 aromatic rings. The largest absolute Gasteiger partial charge is 0.435 e. The number of aryl methyl sites for hydroxylation is 1. The van der Waals surface area contributed by atoms with Crippen LogP contribution in [0.25, 0.3) is 11.7 Å². The molecule has 8 nitrogen and oxygen atoms in total. The SMILES string of the molecule is CCOCCCNC(=O)C(C#N)=Cc1c(Oc2ccccc2F)nc2c(C)cccn2c1=O. The third kappa shape index (κ3) is 5.61. The first-order chi connectivity index (χ1) is 16.0. The second kappa shape index (κ2) is 11.0. The van der Waals surface area contributed by atoms with Crippen molar-refractivity contribution in [2.45, 2.75) is 20.3 Å². The molecule has 9 heteroatoms. The Hall–Kier alpha value is -4.03. The average molecular weight is 450 g/mol. The predicted molar refractivity (Wildman–Crippen MR) is 120 cm³/mol. The molecular weight excluding hydrogens is 427 g/mol. The van der Waals surface area contributed by atoms with Gasteiger partial charge in [0.2, 0.25) is 5.88 Å². The van der Waals surface area contributed by atoms with Gasteiger partial charge in [0, 0.05) is 26.0 Å². The molecule has 0 atom stereocenters. The van der Waals surface area contributed by atoms with Gasteiger partial charge < -0.3 is 14.8 Å². The number of hydrogen-bond acceptors (Lipinski definition) is 6. The molecule has 0 unspecified atom stereocenters. The number of rotatable bonds is 9. The lowest BCUT2D eigenvalue weighted by Crippen LogP contribution is -2.27. The number of halogens is 1. The van der Waals surface area contributed by atoms with Gasteiger partial charge in [-0.2, -0.15) is 10.2 Å². The number of nitriles is 1. The minimum atomic E-state index is -0.653. The molecular formula is C24H23FN4O4. The fraction of sp³-hybridized carbons (Fsp3) is 0.250. The van der Waals surface area contributed by atoms with Crippen molar-refractivity contribution in [2.75, 3.05) is 19.8 Å². The quantitative estimate of drug-likeness (QED) is 0.304. The molecule has 0 bridgehead atoms. The number of fused-ring (bicyclic) bond motifs is 1. The van der Waals surface area contributed by atoms with Gasteiger partial charge in [-0.3, -0.25) is 14.0 Å². The molecule has 0 saturated heterocycles. The number of pyridine rings is 1. The first-order valence-electron chi connectivity index (χ1n) is 10.4. The Balaban J connectivity index is 2.05. The van der Waals surface area contributed by atoms with E-state index in [2.05, 4.69) is 10.3 Å². The Labute approximate surface area is 189 Å². The predicted octanol–water partition coefficient (Wildman–Crippen LogP) is 3.38. The molecule has 3 rings (SSSR count). The van der Waals surface area contributed by atoms with Crippen molar-refractivity contribution in [1.29, 1.82) is 5.26 Å². The zero-order valence-corrected chi connectivity index (χ0v) is 18.3. The maximum Gasteiger partial charge on any atom is 0.269 e. The van der Waals surface area contributed by atoms with Crippen molar-refractivity contribution in [1.82, 2.24) is 14.7 Å². The highest BCUT2D eigenvalue weighted by atomic mass is 19.1. The molecule has 0 spiro atoms. The standard InChI is InChI=1S/C24H23FN4O4/c1-3-32-13-7-11-27-22(30)17(15-26)14-18-23(33-20-10-5-4-9-19(20)25)28-21-16(2)8-6-12-29(21)24(18)31/h4-6,8-10,12,14H,3,7,11,13H2,1-2H3,(H,27,30). The molecule has 1 N–H and O–H groups in total. The number of benzene rings is 1. The van der Waals surface area contributed by atoms with Crippen LogP contribution in [0.5, 0.6) is 11.6 Å². The summed E-state index contributed by atoms with van der Waals surface area (Å²) >= 11 is 0. The van der Waals surface area contributed by atoms with E-state index in [1.54, 1.807) is 31.2 Å². The van der Waals surface area contributed by atoms with Gasteiger partial charge in [-0.1, -0.05) is 18.2 Å². The first-order valence-corrected chi connectivity index (χ1v) is 10.4. The minimum Gasteiger partial charge on any atom is -0.435 e. The summed E-state index contributed by atoms with van der Waals surface area (Å²) in [4.78, 5) is 30.1. The Morgan fingerprint density at radius 2 is 2.09 bits per heavy atom. The van der Waals surface area contributed by atoms with Crippen LogP contribution in [0.1, 0.15) is 24.5 Å². The van der Waals surface area contributed by atoms with Gasteiger partial charge in [-0.25, -0.2) is 4.39 Å². The van der Waals surface area contributed by atoms with Crippen LogP contribution in [0.3, 0.4) is 0 Å². The second-order valence-corrected chi connectivity index (χ2v) is 7.03. The number of nitrogens with zero attached hydrogens (tertiary/aromatic N) is 3. The molecule has 170 valence electrons. The van der Waals surface area contributed by atoms with Crippen LogP contribution in [0, 0.1) is 24.1 Å². The van der Waals surface area contributed by atoms with Crippen molar-refractivity contribution in [3.63, 3.8) is 0 Å². The number of hydrogen-bond donors (Lipinski definition) is 1. The third-order valence-corrected chi connectivity index (χ3v) is 4.70. The summed E-state index contributed by atoms with van der Waals surface area (Å²) in [6, 6.07) is 10.9. The molecule has 2 aromatic heterocycles. The molecule has 0 aliphatic rings. The van der Waals surface area contributed by atoms with Gasteiger partial charge in [0.25, 0.3) is 11.5 Å². The highest BCUT2D eigenvalue weighted by Crippen LogP contribution is 2.26. The monoisotopic (exact) mass is 450 g/mol. The van der Waals surface area contributed by atoms with E-state index in [9.17, 15) is 19.2 Å². The van der Waals surface area contributed by atoms with E-state index in [4.69, 9.17) is 9.47 Å². The van der Waals surface area contributed by atoms with E-state index < -0.39 is 17.3 Å². The van der Waals surface area contributed by atoms with Crippen molar-refractivity contribution in [3.05, 3.63) is 75.5 Å². The molecule has 0 fully saturated rings. The smallest absolute Gasteiger partial charge is 0.269 e. The Kier molecular flexibility index (Phi) is 7.89. The van der Waals surface area contributed by atoms with Crippen molar-refractivity contribution < 1.29 is 18.7 Å². The molecule has 1 amide bonds. The molecule has 0 radical (unpaired) electrons. The molecule has 33 heavy (non-hydrogen) atoms. The van der Waals surface area contributed by atoms with Gasteiger partial charge in [0.15, 0.2) is 11.6 Å². The zero-order valence-electron chi connectivity index (χ0n) is 18.3. The van der Waals surface area contributed by atoms with Gasteiger partial charge in [-0.15, -0.1) is 0 Å². The van der Waals surface area contributed by atoms with Gasteiger partial charge in [-0.05, 0) is 50.1 Å². The van der Waals surface area contributed by atoms with E-state index in [1.807, 2.05) is 6.92 Å². The highest BCUT2D eigenvalue weighted by molar-refractivity contribution is 6.01. The van der Waals surface area contributed by atoms with E-state index in [0.29, 0.717) is 37.4 Å². The van der Waals surface area contributed by atoms with Crippen LogP contribution in [-0.4, -0.2) is 35.1 Å². The summed E-state index contributed by atoms with van der Waals surface area (Å²) in [7, 11) is 0. The Morgan fingerprint density at radius 3 is 2.82 bits per heavy atom. The fourth-order valence-electron chi connectivity index (χ4n) is 3.03. The van der Waals surface area contributed by atoms with Crippen LogP contribution in [0.15, 0.2) is 53.0 Å². The average Bonchev–Trinajstić information content (AvgIpc) is 2.81. The molecule has 0 saturated carbocycles. The van der Waals surface area contributed by atoms with Crippen LogP contribution >= 0.6 is 0 Å². The number of carbonyl (C=O) groups excluding carboxylic acids is 1. The molecule has 0 aliphatic heterocycles. The van der Waals surface area contributed by atoms with Crippen molar-refractivity contribution in [2.24, 2.45) is 0 Å². The molecule has 1 aromatic carbocycles. The second-order valence-electron chi connectivity index (χ2n) is 7.03. The number of aromatic nitrogens is 2. The number of nitrogens with one attached hydrogen (secondary N) is 1. The maximum absolute atomic E-state index is 14.2. The summed E-state index contributed by atoms with van der Waals surface area (Å²) in [5.41, 5.74) is -0.0217. The summed E-state index contributed by atoms with van der Waals surface area (Å²) in [6.07, 6.45) is 3.19. The van der Waals surface area contributed by atoms with E-state index in [-0.39, 0.29) is 22.8 Å². The third-order valence-electron chi connectivity index (χ3n) is 4.70. The van der Waals surface area contributed by atoms with Gasteiger partial charge in [0.1, 0.15) is 22.9 Å². The molecule has 2 heterocycles. The number of para-hydroxylation sites is 1. The van der Waals surface area contributed by atoms with Gasteiger partial charge >= 0.3 is 0 Å². The normalized spacial score (nSPS) is 11.3. The zero-order chi connectivity index (χ0) is 23.8. The fourth-order valence-corrected chi connectivity index (χ4v) is 3.03. The van der Waals surface area contributed by atoms with Crippen molar-refractivity contribution in [3.8, 4) is 17.7 Å². The van der Waals surface area contributed by atoms with Crippen LogP contribution < -0.4 is 15.6 Å². The summed E-state index contributed by atoms with van der Waals surface area (Å²) in [5, 5.41) is 12.2. The topological polar surface area (TPSA) is 106 Å². The lowest BCUT2D eigenvalue weighted by Gasteiger charge is -2.12. The van der Waals surface area contributed by atoms with Crippen molar-refractivity contribution >= 4 is 17.6 Å². The van der Waals surface area contributed by atoms with E-state index >= 15 is 0 Å². The van der Waals surface area contributed by atoms with Gasteiger partial charge in [0.05, 0.1) is 0 Å².